The van der Waals surface area contributed by atoms with Gasteiger partial charge in [-0.05, 0) is 25.3 Å². The minimum absolute atomic E-state index is 0.0525. The van der Waals surface area contributed by atoms with Crippen LogP contribution >= 0.6 is 0 Å². The summed E-state index contributed by atoms with van der Waals surface area (Å²) in [5, 5.41) is 8.86. The zero-order valence-corrected chi connectivity index (χ0v) is 9.42. The summed E-state index contributed by atoms with van der Waals surface area (Å²) in [6.45, 7) is 5.18. The Bertz CT molecular complexity index is 408. The average Bonchev–Trinajstić information content (AvgIpc) is 2.58. The Morgan fingerprint density at radius 3 is 2.88 bits per heavy atom. The van der Waals surface area contributed by atoms with Gasteiger partial charge in [-0.1, -0.05) is 6.92 Å². The van der Waals surface area contributed by atoms with Crippen LogP contribution in [0, 0.1) is 5.92 Å². The van der Waals surface area contributed by atoms with E-state index in [1.807, 2.05) is 0 Å². The molecule has 0 spiro atoms. The number of aromatic nitrogens is 2. The van der Waals surface area contributed by atoms with Crippen LogP contribution in [0.15, 0.2) is 12.3 Å². The zero-order valence-electron chi connectivity index (χ0n) is 9.42. The van der Waals surface area contributed by atoms with E-state index in [-0.39, 0.29) is 5.69 Å². The number of nitrogens with zero attached hydrogens (tertiary/aromatic N) is 3. The Labute approximate surface area is 94.1 Å². The molecule has 0 radical (unpaired) electrons. The molecule has 0 amide bonds. The van der Waals surface area contributed by atoms with E-state index in [0.717, 1.165) is 13.0 Å². The number of carbonyl (C=O) groups is 1. The summed E-state index contributed by atoms with van der Waals surface area (Å²) < 4.78 is 0. The molecule has 1 aliphatic rings. The molecular formula is C11H15N3O2. The largest absolute Gasteiger partial charge is 0.477 e. The molecule has 5 nitrogen and oxygen atoms in total. The lowest BCUT2D eigenvalue weighted by atomic mass is 10.1. The van der Waals surface area contributed by atoms with Crippen LogP contribution in [0.25, 0.3) is 0 Å². The average molecular weight is 221 g/mol. The number of hydrogen-bond acceptors (Lipinski definition) is 4. The monoisotopic (exact) mass is 221 g/mol. The topological polar surface area (TPSA) is 66.3 Å². The van der Waals surface area contributed by atoms with Crippen molar-refractivity contribution in [2.75, 3.05) is 11.4 Å². The van der Waals surface area contributed by atoms with Crippen LogP contribution in [0.3, 0.4) is 0 Å². The van der Waals surface area contributed by atoms with Crippen LogP contribution in [0.4, 0.5) is 5.95 Å². The Balaban J connectivity index is 2.27. The molecular weight excluding hydrogens is 206 g/mol. The highest BCUT2D eigenvalue weighted by atomic mass is 16.4. The van der Waals surface area contributed by atoms with Crippen molar-refractivity contribution in [2.45, 2.75) is 26.3 Å². The summed E-state index contributed by atoms with van der Waals surface area (Å²) in [7, 11) is 0. The number of rotatable bonds is 2. The molecule has 1 aliphatic heterocycles. The molecule has 2 atom stereocenters. The van der Waals surface area contributed by atoms with Crippen LogP contribution in [-0.2, 0) is 0 Å². The minimum atomic E-state index is -1.01. The summed E-state index contributed by atoms with van der Waals surface area (Å²) >= 11 is 0. The van der Waals surface area contributed by atoms with Gasteiger partial charge in [-0.3, -0.25) is 0 Å². The van der Waals surface area contributed by atoms with Crippen LogP contribution in [-0.4, -0.2) is 33.6 Å². The van der Waals surface area contributed by atoms with E-state index in [0.29, 0.717) is 17.9 Å². The van der Waals surface area contributed by atoms with Gasteiger partial charge >= 0.3 is 5.97 Å². The first-order chi connectivity index (χ1) is 7.58. The van der Waals surface area contributed by atoms with Crippen molar-refractivity contribution in [3.05, 3.63) is 18.0 Å². The molecule has 1 fully saturated rings. The molecule has 0 saturated carbocycles. The number of anilines is 1. The van der Waals surface area contributed by atoms with E-state index < -0.39 is 5.97 Å². The summed E-state index contributed by atoms with van der Waals surface area (Å²) in [6.07, 6.45) is 2.60. The van der Waals surface area contributed by atoms with E-state index in [9.17, 15) is 4.79 Å². The molecule has 16 heavy (non-hydrogen) atoms. The van der Waals surface area contributed by atoms with Crippen LogP contribution in [0.5, 0.6) is 0 Å². The first kappa shape index (κ1) is 10.9. The normalized spacial score (nSPS) is 24.8. The Morgan fingerprint density at radius 2 is 2.31 bits per heavy atom. The van der Waals surface area contributed by atoms with Gasteiger partial charge < -0.3 is 10.0 Å². The van der Waals surface area contributed by atoms with Gasteiger partial charge in [0.15, 0.2) is 5.69 Å². The van der Waals surface area contributed by atoms with Gasteiger partial charge in [-0.25, -0.2) is 14.8 Å². The maximum absolute atomic E-state index is 10.8. The van der Waals surface area contributed by atoms with Crippen molar-refractivity contribution in [1.82, 2.24) is 9.97 Å². The highest BCUT2D eigenvalue weighted by Crippen LogP contribution is 2.25. The van der Waals surface area contributed by atoms with Gasteiger partial charge in [0.1, 0.15) is 0 Å². The molecule has 0 aliphatic carbocycles. The SMILES string of the molecule is CC1CC(C)N(c2nccc(C(=O)O)n2)C1. The molecule has 86 valence electrons. The third-order valence-corrected chi connectivity index (χ3v) is 2.90. The molecule has 2 unspecified atom stereocenters. The third-order valence-electron chi connectivity index (χ3n) is 2.90. The molecule has 1 N–H and O–H groups in total. The standard InChI is InChI=1S/C11H15N3O2/c1-7-5-8(2)14(6-7)11-12-4-3-9(13-11)10(15)16/h3-4,7-8H,5-6H2,1-2H3,(H,15,16). The molecule has 1 saturated heterocycles. The lowest BCUT2D eigenvalue weighted by Crippen LogP contribution is -2.29. The summed E-state index contributed by atoms with van der Waals surface area (Å²) in [5.41, 5.74) is 0.0525. The predicted octanol–water partition coefficient (Wildman–Crippen LogP) is 1.41. The molecule has 2 rings (SSSR count). The fraction of sp³-hybridized carbons (Fsp3) is 0.545. The van der Waals surface area contributed by atoms with Crippen LogP contribution in [0.2, 0.25) is 0 Å². The second-order valence-electron chi connectivity index (χ2n) is 4.39. The first-order valence-corrected chi connectivity index (χ1v) is 5.41. The zero-order chi connectivity index (χ0) is 11.7. The van der Waals surface area contributed by atoms with Gasteiger partial charge in [0.05, 0.1) is 0 Å². The smallest absolute Gasteiger partial charge is 0.354 e. The highest BCUT2D eigenvalue weighted by molar-refractivity contribution is 5.85. The Kier molecular flexibility index (Phi) is 2.77. The summed E-state index contributed by atoms with van der Waals surface area (Å²) in [4.78, 5) is 21.1. The summed E-state index contributed by atoms with van der Waals surface area (Å²) in [5.74, 6) is 0.118. The lowest BCUT2D eigenvalue weighted by Gasteiger charge is -2.21. The Morgan fingerprint density at radius 1 is 1.56 bits per heavy atom. The predicted molar refractivity (Wildman–Crippen MR) is 59.6 cm³/mol. The molecule has 0 bridgehead atoms. The molecule has 1 aromatic rings. The van der Waals surface area contributed by atoms with Gasteiger partial charge in [-0.2, -0.15) is 0 Å². The number of carboxylic acids is 1. The van der Waals surface area contributed by atoms with Crippen molar-refractivity contribution in [3.63, 3.8) is 0 Å². The molecule has 5 heteroatoms. The van der Waals surface area contributed by atoms with Gasteiger partial charge in [0, 0.05) is 18.8 Å². The summed E-state index contributed by atoms with van der Waals surface area (Å²) in [6, 6.07) is 1.79. The lowest BCUT2D eigenvalue weighted by molar-refractivity contribution is 0.0690. The van der Waals surface area contributed by atoms with Gasteiger partial charge in [0.25, 0.3) is 0 Å². The van der Waals surface area contributed by atoms with E-state index >= 15 is 0 Å². The number of carboxylic acid groups (broad SMARTS) is 1. The van der Waals surface area contributed by atoms with Crippen molar-refractivity contribution in [1.29, 1.82) is 0 Å². The van der Waals surface area contributed by atoms with Crippen molar-refractivity contribution < 1.29 is 9.90 Å². The van der Waals surface area contributed by atoms with Crippen molar-refractivity contribution in [2.24, 2.45) is 5.92 Å². The fourth-order valence-electron chi connectivity index (χ4n) is 2.18. The molecule has 1 aromatic heterocycles. The van der Waals surface area contributed by atoms with E-state index in [1.54, 1.807) is 0 Å². The maximum atomic E-state index is 10.8. The second-order valence-corrected chi connectivity index (χ2v) is 4.39. The van der Waals surface area contributed by atoms with Gasteiger partial charge in [-0.15, -0.1) is 0 Å². The van der Waals surface area contributed by atoms with Crippen LogP contribution in [0.1, 0.15) is 30.8 Å². The quantitative estimate of drug-likeness (QED) is 0.817. The molecule has 0 aromatic carbocycles. The third kappa shape index (κ3) is 1.98. The number of aromatic carboxylic acids is 1. The van der Waals surface area contributed by atoms with Gasteiger partial charge in [0.2, 0.25) is 5.95 Å². The first-order valence-electron chi connectivity index (χ1n) is 5.41. The van der Waals surface area contributed by atoms with E-state index in [4.69, 9.17) is 5.11 Å². The van der Waals surface area contributed by atoms with Crippen molar-refractivity contribution >= 4 is 11.9 Å². The van der Waals surface area contributed by atoms with Crippen molar-refractivity contribution in [3.8, 4) is 0 Å². The van der Waals surface area contributed by atoms with E-state index in [1.165, 1.54) is 12.3 Å². The highest BCUT2D eigenvalue weighted by Gasteiger charge is 2.28. The Hall–Kier alpha value is -1.65. The fourth-order valence-corrected chi connectivity index (χ4v) is 2.18. The maximum Gasteiger partial charge on any atom is 0.354 e. The minimum Gasteiger partial charge on any atom is -0.477 e. The van der Waals surface area contributed by atoms with E-state index in [2.05, 4.69) is 28.7 Å². The molecule has 2 heterocycles. The van der Waals surface area contributed by atoms with Crippen LogP contribution < -0.4 is 4.90 Å². The second kappa shape index (κ2) is 4.08. The number of hydrogen-bond donors (Lipinski definition) is 1.